The molecule has 2 heterocycles. The molecule has 1 amide bonds. The van der Waals surface area contributed by atoms with Gasteiger partial charge >= 0.3 is 0 Å². The van der Waals surface area contributed by atoms with E-state index in [9.17, 15) is 4.79 Å². The van der Waals surface area contributed by atoms with Gasteiger partial charge in [0.15, 0.2) is 0 Å². The zero-order valence-corrected chi connectivity index (χ0v) is 21.5. The molecule has 0 aliphatic rings. The molecule has 174 valence electrons. The number of nitrogens with zero attached hydrogens (tertiary/aromatic N) is 2. The third-order valence-corrected chi connectivity index (χ3v) is 4.92. The van der Waals surface area contributed by atoms with E-state index < -0.39 is 0 Å². The molecule has 0 fully saturated rings. The Morgan fingerprint density at radius 3 is 2.29 bits per heavy atom. The van der Waals surface area contributed by atoms with Crippen molar-refractivity contribution in [3.8, 4) is 0 Å². The maximum Gasteiger partial charge on any atom is 0.261 e. The molecule has 0 saturated heterocycles. The molecule has 0 aliphatic heterocycles. The van der Waals surface area contributed by atoms with Crippen molar-refractivity contribution in [2.24, 2.45) is 0 Å². The van der Waals surface area contributed by atoms with Gasteiger partial charge in [0, 0.05) is 35.7 Å². The van der Waals surface area contributed by atoms with E-state index in [-0.39, 0.29) is 11.9 Å². The number of halogens is 2. The van der Waals surface area contributed by atoms with Gasteiger partial charge in [0.05, 0.1) is 17.7 Å². The maximum absolute atomic E-state index is 11.9. The molecule has 0 spiro atoms. The van der Waals surface area contributed by atoms with Crippen LogP contribution in [0.2, 0.25) is 0 Å². The van der Waals surface area contributed by atoms with E-state index in [0.29, 0.717) is 37.2 Å². The highest BCUT2D eigenvalue weighted by Crippen LogP contribution is 2.35. The predicted octanol–water partition coefficient (Wildman–Crippen LogP) is 5.55. The molecule has 0 unspecified atom stereocenters. The Morgan fingerprint density at radius 1 is 1.26 bits per heavy atom. The number of hydrogen-bond acceptors (Lipinski definition) is 7. The van der Waals surface area contributed by atoms with Gasteiger partial charge in [0.2, 0.25) is 5.95 Å². The summed E-state index contributed by atoms with van der Waals surface area (Å²) in [5.74, 6) is 0.255. The number of methoxy groups -OCH3 is 1. The Kier molecular flexibility index (Phi) is 17.6. The zero-order chi connectivity index (χ0) is 24.6. The lowest BCUT2D eigenvalue weighted by Gasteiger charge is -2.09. The van der Waals surface area contributed by atoms with Crippen molar-refractivity contribution in [1.29, 1.82) is 0 Å². The van der Waals surface area contributed by atoms with Gasteiger partial charge in [-0.2, -0.15) is 0 Å². The molecular weight excluding hydrogens is 459 g/mol. The van der Waals surface area contributed by atoms with Crippen LogP contribution in [0.3, 0.4) is 0 Å². The third-order valence-electron chi connectivity index (χ3n) is 3.26. The maximum atomic E-state index is 11.9. The summed E-state index contributed by atoms with van der Waals surface area (Å²) in [5.41, 5.74) is 8.17. The van der Waals surface area contributed by atoms with Crippen molar-refractivity contribution in [1.82, 2.24) is 15.3 Å². The first-order valence-electron chi connectivity index (χ1n) is 9.57. The highest BCUT2D eigenvalue weighted by molar-refractivity contribution is 7.20. The van der Waals surface area contributed by atoms with Crippen LogP contribution in [0.25, 0.3) is 15.8 Å². The summed E-state index contributed by atoms with van der Waals surface area (Å²) in [6.45, 7) is 9.79. The fourth-order valence-electron chi connectivity index (χ4n) is 2.06. The number of nitrogens with two attached hydrogens (primary N) is 1. The number of aliphatic hydroxyl groups is 1. The molecular formula is C21H32Cl2N4O3S. The van der Waals surface area contributed by atoms with Gasteiger partial charge in [-0.1, -0.05) is 57.0 Å². The summed E-state index contributed by atoms with van der Waals surface area (Å²) < 4.78 is 5.18. The number of thiophene rings is 1. The fraction of sp³-hybridized carbons (Fsp3) is 0.381. The average molecular weight is 491 g/mol. The number of nitrogen functional groups attached to an aromatic ring is 1. The second kappa shape index (κ2) is 17.5. The molecule has 0 bridgehead atoms. The van der Waals surface area contributed by atoms with Crippen LogP contribution in [0.15, 0.2) is 34.5 Å². The molecule has 0 atom stereocenters. The summed E-state index contributed by atoms with van der Waals surface area (Å²) in [5, 5.41) is 10.7. The molecule has 0 aliphatic carbocycles. The number of aliphatic hydroxyl groups excluding tert-OH is 1. The minimum atomic E-state index is -0.214. The first kappa shape index (κ1) is 31.1. The van der Waals surface area contributed by atoms with Gasteiger partial charge in [-0.3, -0.25) is 4.79 Å². The predicted molar refractivity (Wildman–Crippen MR) is 135 cm³/mol. The number of aromatic nitrogens is 2. The molecule has 31 heavy (non-hydrogen) atoms. The molecule has 10 heteroatoms. The highest BCUT2D eigenvalue weighted by Gasteiger charge is 2.18. The SMILES string of the molecule is CC.CC.CO.C\C=C(Cl)/C(=C\C(=C\Cl)OC)c1nc(N)nc2sc(C(=O)NC)cc12. The molecule has 0 aromatic carbocycles. The molecule has 4 N–H and O–H groups in total. The number of amides is 1. The van der Waals surface area contributed by atoms with Crippen LogP contribution < -0.4 is 11.1 Å². The van der Waals surface area contributed by atoms with Crippen LogP contribution in [0.4, 0.5) is 5.95 Å². The van der Waals surface area contributed by atoms with Gasteiger partial charge < -0.3 is 20.9 Å². The smallest absolute Gasteiger partial charge is 0.261 e. The lowest BCUT2D eigenvalue weighted by molar-refractivity contribution is 0.0967. The summed E-state index contributed by atoms with van der Waals surface area (Å²) in [6, 6.07) is 1.71. The van der Waals surface area contributed by atoms with Gasteiger partial charge in [-0.05, 0) is 19.1 Å². The molecule has 0 radical (unpaired) electrons. The Bertz CT molecular complexity index is 909. The Balaban J connectivity index is 0. The number of carbonyl (C=O) groups is 1. The van der Waals surface area contributed by atoms with E-state index in [1.807, 2.05) is 27.7 Å². The summed E-state index contributed by atoms with van der Waals surface area (Å²) in [6.07, 6.45) is 3.36. The van der Waals surface area contributed by atoms with E-state index in [0.717, 1.165) is 7.11 Å². The molecule has 2 aromatic rings. The van der Waals surface area contributed by atoms with Gasteiger partial charge in [0.25, 0.3) is 5.91 Å². The van der Waals surface area contributed by atoms with Crippen LogP contribution in [0.5, 0.6) is 0 Å². The van der Waals surface area contributed by atoms with E-state index in [1.165, 1.54) is 24.0 Å². The quantitative estimate of drug-likeness (QED) is 0.374. The minimum Gasteiger partial charge on any atom is -0.496 e. The summed E-state index contributed by atoms with van der Waals surface area (Å²) >= 11 is 13.3. The number of ether oxygens (including phenoxy) is 1. The first-order chi connectivity index (χ1) is 14.9. The van der Waals surface area contributed by atoms with Gasteiger partial charge in [-0.15, -0.1) is 11.3 Å². The average Bonchev–Trinajstić information content (AvgIpc) is 3.26. The van der Waals surface area contributed by atoms with E-state index in [1.54, 1.807) is 32.2 Å². The summed E-state index contributed by atoms with van der Waals surface area (Å²) in [4.78, 5) is 21.5. The molecule has 7 nitrogen and oxygen atoms in total. The Morgan fingerprint density at radius 2 is 1.84 bits per heavy atom. The third kappa shape index (κ3) is 8.86. The Labute approximate surface area is 198 Å². The van der Waals surface area contributed by atoms with Gasteiger partial charge in [0.1, 0.15) is 10.6 Å². The number of carbonyl (C=O) groups excluding carboxylic acids is 1. The van der Waals surface area contributed by atoms with E-state index >= 15 is 0 Å². The van der Waals surface area contributed by atoms with Crippen LogP contribution in [0.1, 0.15) is 50.0 Å². The summed E-state index contributed by atoms with van der Waals surface area (Å²) in [7, 11) is 4.05. The Hall–Kier alpha value is -2.13. The van der Waals surface area contributed by atoms with Crippen LogP contribution >= 0.6 is 34.5 Å². The van der Waals surface area contributed by atoms with Crippen LogP contribution in [0, 0.1) is 0 Å². The van der Waals surface area contributed by atoms with E-state index in [2.05, 4.69) is 15.3 Å². The van der Waals surface area contributed by atoms with Crippen LogP contribution in [-0.4, -0.2) is 42.2 Å². The second-order valence-corrected chi connectivity index (χ2v) is 6.41. The first-order valence-corrected chi connectivity index (χ1v) is 11.2. The van der Waals surface area contributed by atoms with Crippen molar-refractivity contribution in [3.63, 3.8) is 0 Å². The monoisotopic (exact) mass is 490 g/mol. The number of rotatable bonds is 5. The molecule has 2 rings (SSSR count). The van der Waals surface area contributed by atoms with Crippen molar-refractivity contribution in [2.75, 3.05) is 27.0 Å². The topological polar surface area (TPSA) is 110 Å². The number of allylic oxidation sites excluding steroid dienone is 4. The molecule has 0 saturated carbocycles. The minimum absolute atomic E-state index is 0.0769. The van der Waals surface area contributed by atoms with Crippen molar-refractivity contribution in [2.45, 2.75) is 34.6 Å². The lowest BCUT2D eigenvalue weighted by atomic mass is 10.1. The van der Waals surface area contributed by atoms with Crippen molar-refractivity contribution >= 4 is 62.2 Å². The number of anilines is 1. The second-order valence-electron chi connectivity index (χ2n) is 4.75. The molecule has 2 aromatic heterocycles. The van der Waals surface area contributed by atoms with Crippen molar-refractivity contribution < 1.29 is 14.6 Å². The lowest BCUT2D eigenvalue weighted by Crippen LogP contribution is -2.15. The number of hydrogen-bond donors (Lipinski definition) is 3. The largest absolute Gasteiger partial charge is 0.496 e. The number of nitrogens with one attached hydrogen (secondary N) is 1. The van der Waals surface area contributed by atoms with E-state index in [4.69, 9.17) is 38.8 Å². The van der Waals surface area contributed by atoms with Gasteiger partial charge in [-0.25, -0.2) is 9.97 Å². The highest BCUT2D eigenvalue weighted by atomic mass is 35.5. The number of fused-ring (bicyclic) bond motifs is 1. The van der Waals surface area contributed by atoms with Crippen LogP contribution in [-0.2, 0) is 4.74 Å². The van der Waals surface area contributed by atoms with Crippen molar-refractivity contribution in [3.05, 3.63) is 45.1 Å². The standard InChI is InChI=1S/C16H16Cl2N4O2S.2C2H6.CH4O/c1-4-11(18)9(5-8(7-17)24-3)13-10-6-12(14(23)20-2)25-15(10)22-16(19)21-13;3*1-2/h4-7H,1-3H3,(H,20,23)(H2,19,21,22);2*1-2H3;2H,1H3/b8-7-,9-5+,11-4+;;;. The fourth-order valence-corrected chi connectivity index (χ4v) is 3.34. The zero-order valence-electron chi connectivity index (χ0n) is 19.2. The normalized spacial score (nSPS) is 11.3.